The second kappa shape index (κ2) is 6.14. The highest BCUT2D eigenvalue weighted by Gasteiger charge is 2.05. The molecule has 0 aliphatic rings. The maximum absolute atomic E-state index is 4.52. The lowest BCUT2D eigenvalue weighted by Gasteiger charge is -2.05. The van der Waals surface area contributed by atoms with E-state index in [1.165, 1.54) is 16.7 Å². The van der Waals surface area contributed by atoms with Crippen LogP contribution in [0.25, 0.3) is 5.69 Å². The van der Waals surface area contributed by atoms with Crippen LogP contribution in [0.15, 0.2) is 60.0 Å². The second-order valence-electron chi connectivity index (χ2n) is 5.03. The number of thioether (sulfide) groups is 1. The molecule has 1 heterocycles. The molecule has 0 saturated carbocycles. The molecule has 0 aliphatic carbocycles. The minimum absolute atomic E-state index is 0.805. The van der Waals surface area contributed by atoms with Gasteiger partial charge in [-0.1, -0.05) is 53.7 Å². The van der Waals surface area contributed by atoms with Gasteiger partial charge in [0.05, 0.1) is 5.69 Å². The Labute approximate surface area is 129 Å². The Morgan fingerprint density at radius 2 is 1.86 bits per heavy atom. The van der Waals surface area contributed by atoms with Gasteiger partial charge in [0.15, 0.2) is 0 Å². The van der Waals surface area contributed by atoms with Gasteiger partial charge in [0.25, 0.3) is 0 Å². The molecule has 0 atom stereocenters. The van der Waals surface area contributed by atoms with Gasteiger partial charge in [0.1, 0.15) is 6.33 Å². The van der Waals surface area contributed by atoms with Crippen molar-refractivity contribution in [1.29, 1.82) is 0 Å². The third-order valence-electron chi connectivity index (χ3n) is 3.35. The van der Waals surface area contributed by atoms with Crippen LogP contribution in [0.1, 0.15) is 16.7 Å². The predicted octanol–water partition coefficient (Wildman–Crippen LogP) is 4.18. The van der Waals surface area contributed by atoms with E-state index in [0.717, 1.165) is 16.6 Å². The minimum atomic E-state index is 0.805. The van der Waals surface area contributed by atoms with Crippen LogP contribution in [0, 0.1) is 13.8 Å². The first-order valence-corrected chi connectivity index (χ1v) is 7.87. The molecule has 3 nitrogen and oxygen atoms in total. The number of nitrogens with zero attached hydrogens (tertiary/aromatic N) is 3. The molecule has 3 rings (SSSR count). The summed E-state index contributed by atoms with van der Waals surface area (Å²) in [5.41, 5.74) is 4.98. The maximum Gasteiger partial charge on any atom is 0.209 e. The zero-order chi connectivity index (χ0) is 14.7. The van der Waals surface area contributed by atoms with E-state index >= 15 is 0 Å². The van der Waals surface area contributed by atoms with Gasteiger partial charge in [-0.05, 0) is 37.1 Å². The Balaban J connectivity index is 1.72. The van der Waals surface area contributed by atoms with Crippen molar-refractivity contribution >= 4 is 11.8 Å². The third-order valence-corrected chi connectivity index (χ3v) is 4.25. The van der Waals surface area contributed by atoms with Gasteiger partial charge in [-0.3, -0.25) is 0 Å². The molecule has 0 bridgehead atoms. The number of rotatable bonds is 4. The lowest BCUT2D eigenvalue weighted by Crippen LogP contribution is -1.94. The van der Waals surface area contributed by atoms with Gasteiger partial charge in [-0.2, -0.15) is 0 Å². The first-order chi connectivity index (χ1) is 10.2. The molecule has 0 spiro atoms. The van der Waals surface area contributed by atoms with Crippen molar-refractivity contribution in [3.8, 4) is 5.69 Å². The normalized spacial score (nSPS) is 10.8. The minimum Gasteiger partial charge on any atom is -0.220 e. The molecule has 2 aromatic carbocycles. The van der Waals surface area contributed by atoms with Crippen LogP contribution in [0.2, 0.25) is 0 Å². The van der Waals surface area contributed by atoms with E-state index in [4.69, 9.17) is 0 Å². The number of hydrogen-bond donors (Lipinski definition) is 0. The number of hydrogen-bond acceptors (Lipinski definition) is 3. The van der Waals surface area contributed by atoms with E-state index in [1.807, 2.05) is 35.0 Å². The van der Waals surface area contributed by atoms with E-state index < -0.39 is 0 Å². The first kappa shape index (κ1) is 13.9. The smallest absolute Gasteiger partial charge is 0.209 e. The van der Waals surface area contributed by atoms with Crippen molar-refractivity contribution < 1.29 is 0 Å². The van der Waals surface area contributed by atoms with Crippen LogP contribution >= 0.6 is 11.8 Å². The standard InChI is InChI=1S/C17H17N3S/c1-13-8-9-14(2)15(10-13)11-21-17-18-12-20(19-17)16-6-4-3-5-7-16/h3-10,12H,11H2,1-2H3. The molecule has 3 aromatic rings. The molecule has 0 N–H and O–H groups in total. The van der Waals surface area contributed by atoms with Crippen molar-refractivity contribution in [1.82, 2.24) is 14.8 Å². The van der Waals surface area contributed by atoms with E-state index in [2.05, 4.69) is 42.1 Å². The van der Waals surface area contributed by atoms with E-state index in [0.29, 0.717) is 0 Å². The molecular formula is C17H17N3S. The summed E-state index contributed by atoms with van der Waals surface area (Å²) in [6.07, 6.45) is 1.76. The van der Waals surface area contributed by atoms with Gasteiger partial charge >= 0.3 is 0 Å². The zero-order valence-corrected chi connectivity index (χ0v) is 13.0. The average Bonchev–Trinajstić information content (AvgIpc) is 2.98. The molecule has 106 valence electrons. The summed E-state index contributed by atoms with van der Waals surface area (Å²) in [7, 11) is 0. The van der Waals surface area contributed by atoms with Crippen LogP contribution in [0.4, 0.5) is 0 Å². The molecule has 21 heavy (non-hydrogen) atoms. The van der Waals surface area contributed by atoms with Crippen molar-refractivity contribution in [2.75, 3.05) is 0 Å². The maximum atomic E-state index is 4.52. The van der Waals surface area contributed by atoms with Crippen LogP contribution in [-0.4, -0.2) is 14.8 Å². The molecule has 1 aromatic heterocycles. The van der Waals surface area contributed by atoms with Gasteiger partial charge in [0, 0.05) is 5.75 Å². The Hall–Kier alpha value is -2.07. The molecule has 0 aliphatic heterocycles. The van der Waals surface area contributed by atoms with Crippen molar-refractivity contribution in [3.63, 3.8) is 0 Å². The van der Waals surface area contributed by atoms with Crippen LogP contribution in [-0.2, 0) is 5.75 Å². The molecule has 0 unspecified atom stereocenters. The number of benzene rings is 2. The third kappa shape index (κ3) is 3.34. The highest BCUT2D eigenvalue weighted by molar-refractivity contribution is 7.98. The summed E-state index contributed by atoms with van der Waals surface area (Å²) in [4.78, 5) is 4.37. The monoisotopic (exact) mass is 295 g/mol. The Bertz CT molecular complexity index is 735. The van der Waals surface area contributed by atoms with Crippen molar-refractivity contribution in [2.45, 2.75) is 24.8 Å². The summed E-state index contributed by atoms with van der Waals surface area (Å²) < 4.78 is 1.81. The van der Waals surface area contributed by atoms with Gasteiger partial charge in [-0.25, -0.2) is 9.67 Å². The quantitative estimate of drug-likeness (QED) is 0.677. The Kier molecular flexibility index (Phi) is 4.06. The average molecular weight is 295 g/mol. The van der Waals surface area contributed by atoms with E-state index in [-0.39, 0.29) is 0 Å². The van der Waals surface area contributed by atoms with Gasteiger partial charge in [0.2, 0.25) is 5.16 Å². The van der Waals surface area contributed by atoms with E-state index in [1.54, 1.807) is 18.1 Å². The number of aromatic nitrogens is 3. The molecular weight excluding hydrogens is 278 g/mol. The van der Waals surface area contributed by atoms with Crippen LogP contribution in [0.5, 0.6) is 0 Å². The Morgan fingerprint density at radius 1 is 1.05 bits per heavy atom. The first-order valence-electron chi connectivity index (χ1n) is 6.88. The lowest BCUT2D eigenvalue weighted by atomic mass is 10.1. The fraction of sp³-hybridized carbons (Fsp3) is 0.176. The predicted molar refractivity (Wildman–Crippen MR) is 86.8 cm³/mol. The highest BCUT2D eigenvalue weighted by atomic mass is 32.2. The van der Waals surface area contributed by atoms with Crippen LogP contribution in [0.3, 0.4) is 0 Å². The summed E-state index contributed by atoms with van der Waals surface area (Å²) in [6.45, 7) is 4.27. The second-order valence-corrected chi connectivity index (χ2v) is 5.97. The highest BCUT2D eigenvalue weighted by Crippen LogP contribution is 2.22. The summed E-state index contributed by atoms with van der Waals surface area (Å²) in [6, 6.07) is 16.6. The van der Waals surface area contributed by atoms with Crippen molar-refractivity contribution in [2.24, 2.45) is 0 Å². The fourth-order valence-electron chi connectivity index (χ4n) is 2.12. The van der Waals surface area contributed by atoms with Gasteiger partial charge in [-0.15, -0.1) is 5.10 Å². The topological polar surface area (TPSA) is 30.7 Å². The summed E-state index contributed by atoms with van der Waals surface area (Å²) >= 11 is 1.67. The number of para-hydroxylation sites is 1. The SMILES string of the molecule is Cc1ccc(C)c(CSc2ncn(-c3ccccc3)n2)c1. The van der Waals surface area contributed by atoms with E-state index in [9.17, 15) is 0 Å². The molecule has 0 radical (unpaired) electrons. The summed E-state index contributed by atoms with van der Waals surface area (Å²) in [5.74, 6) is 0.895. The number of aryl methyl sites for hydroxylation is 2. The van der Waals surface area contributed by atoms with Crippen LogP contribution < -0.4 is 0 Å². The largest absolute Gasteiger partial charge is 0.220 e. The molecule has 0 saturated heterocycles. The molecule has 4 heteroatoms. The Morgan fingerprint density at radius 3 is 2.67 bits per heavy atom. The molecule has 0 amide bonds. The van der Waals surface area contributed by atoms with Gasteiger partial charge < -0.3 is 0 Å². The summed E-state index contributed by atoms with van der Waals surface area (Å²) in [5, 5.41) is 5.32. The fourth-order valence-corrected chi connectivity index (χ4v) is 2.98. The lowest BCUT2D eigenvalue weighted by molar-refractivity contribution is 0.834. The zero-order valence-electron chi connectivity index (χ0n) is 12.2. The van der Waals surface area contributed by atoms with Crippen molar-refractivity contribution in [3.05, 3.63) is 71.5 Å². The molecule has 0 fully saturated rings.